The van der Waals surface area contributed by atoms with Crippen molar-refractivity contribution in [3.63, 3.8) is 0 Å². The van der Waals surface area contributed by atoms with Crippen LogP contribution in [-0.4, -0.2) is 14.5 Å². The molecule has 0 spiro atoms. The van der Waals surface area contributed by atoms with E-state index in [-0.39, 0.29) is 5.82 Å². The van der Waals surface area contributed by atoms with Gasteiger partial charge in [0.2, 0.25) is 5.82 Å². The number of hydrogen-bond acceptors (Lipinski definition) is 3. The fourth-order valence-electron chi connectivity index (χ4n) is 2.68. The molecule has 1 aromatic heterocycles. The lowest BCUT2D eigenvalue weighted by molar-refractivity contribution is -0.391. The second-order valence-electron chi connectivity index (χ2n) is 4.97. The summed E-state index contributed by atoms with van der Waals surface area (Å²) in [6.45, 7) is 0. The van der Waals surface area contributed by atoms with Crippen molar-refractivity contribution < 1.29 is 4.92 Å². The zero-order chi connectivity index (χ0) is 14.1. The number of nitro groups is 1. The Kier molecular flexibility index (Phi) is 3.10. The van der Waals surface area contributed by atoms with Crippen molar-refractivity contribution >= 4 is 17.5 Å². The Morgan fingerprint density at radius 2 is 2.15 bits per heavy atom. The Hall–Kier alpha value is -2.43. The topological polar surface area (TPSA) is 61.0 Å². The highest BCUT2D eigenvalue weighted by atomic mass is 16.6. The number of aromatic nitrogens is 2. The quantitative estimate of drug-likeness (QED) is 0.621. The van der Waals surface area contributed by atoms with E-state index in [9.17, 15) is 10.1 Å². The number of rotatable bonds is 2. The molecule has 0 unspecified atom stereocenters. The summed E-state index contributed by atoms with van der Waals surface area (Å²) in [5.41, 5.74) is 3.79. The van der Waals surface area contributed by atoms with Crippen LogP contribution >= 0.6 is 0 Å². The second kappa shape index (κ2) is 4.92. The maximum absolute atomic E-state index is 10.8. The van der Waals surface area contributed by atoms with Crippen LogP contribution in [0.2, 0.25) is 0 Å². The van der Waals surface area contributed by atoms with Gasteiger partial charge in [-0.05, 0) is 40.9 Å². The Balaban J connectivity index is 2.04. The van der Waals surface area contributed by atoms with Crippen molar-refractivity contribution in [3.05, 3.63) is 57.5 Å². The molecule has 1 aliphatic carbocycles. The van der Waals surface area contributed by atoms with Gasteiger partial charge < -0.3 is 10.1 Å². The van der Waals surface area contributed by atoms with Crippen molar-refractivity contribution in [3.8, 4) is 0 Å². The summed E-state index contributed by atoms with van der Waals surface area (Å²) >= 11 is 0. The van der Waals surface area contributed by atoms with Crippen molar-refractivity contribution in [1.82, 2.24) is 9.55 Å². The number of hydrogen-bond donors (Lipinski definition) is 0. The van der Waals surface area contributed by atoms with E-state index in [4.69, 9.17) is 0 Å². The molecule has 5 heteroatoms. The average Bonchev–Trinajstić information content (AvgIpc) is 2.81. The van der Waals surface area contributed by atoms with Crippen LogP contribution in [0.4, 0.5) is 5.82 Å². The van der Waals surface area contributed by atoms with E-state index in [2.05, 4.69) is 17.1 Å². The lowest BCUT2D eigenvalue weighted by atomic mass is 9.87. The molecular formula is C15H15N3O2. The van der Waals surface area contributed by atoms with E-state index in [1.165, 1.54) is 27.5 Å². The smallest absolute Gasteiger partial charge is 0.342 e. The molecule has 0 saturated carbocycles. The van der Waals surface area contributed by atoms with Crippen LogP contribution in [0.25, 0.3) is 11.6 Å². The van der Waals surface area contributed by atoms with Gasteiger partial charge in [-0.15, -0.1) is 0 Å². The van der Waals surface area contributed by atoms with E-state index in [1.807, 2.05) is 18.2 Å². The number of imidazole rings is 1. The largest absolute Gasteiger partial charge is 0.358 e. The molecule has 1 aromatic carbocycles. The molecule has 0 atom stereocenters. The molecule has 3 rings (SSSR count). The second-order valence-corrected chi connectivity index (χ2v) is 4.97. The number of allylic oxidation sites excluding steroid dienone is 1. The molecule has 5 nitrogen and oxygen atoms in total. The lowest BCUT2D eigenvalue weighted by Crippen LogP contribution is -2.03. The SMILES string of the molecule is Cn1c([N+](=O)[O-])cnc1/C=C1/CCCc2ccccc21. The number of nitrogens with zero attached hydrogens (tertiary/aromatic N) is 3. The molecule has 0 fully saturated rings. The van der Waals surface area contributed by atoms with Crippen LogP contribution < -0.4 is 0 Å². The van der Waals surface area contributed by atoms with Gasteiger partial charge in [-0.3, -0.25) is 0 Å². The molecule has 1 aliphatic rings. The summed E-state index contributed by atoms with van der Waals surface area (Å²) < 4.78 is 1.52. The third-order valence-corrected chi connectivity index (χ3v) is 3.75. The van der Waals surface area contributed by atoms with Gasteiger partial charge in [0.15, 0.2) is 0 Å². The minimum Gasteiger partial charge on any atom is -0.358 e. The van der Waals surface area contributed by atoms with E-state index in [0.717, 1.165) is 19.3 Å². The van der Waals surface area contributed by atoms with Gasteiger partial charge in [0.1, 0.15) is 6.20 Å². The van der Waals surface area contributed by atoms with Crippen molar-refractivity contribution in [2.24, 2.45) is 7.05 Å². The molecule has 0 saturated heterocycles. The van der Waals surface area contributed by atoms with Gasteiger partial charge >= 0.3 is 5.82 Å². The molecule has 2 aromatic rings. The molecular weight excluding hydrogens is 254 g/mol. The Labute approximate surface area is 116 Å². The summed E-state index contributed by atoms with van der Waals surface area (Å²) in [6, 6.07) is 8.33. The number of aryl methyl sites for hydroxylation is 1. The zero-order valence-corrected chi connectivity index (χ0v) is 11.2. The van der Waals surface area contributed by atoms with Crippen LogP contribution in [0.3, 0.4) is 0 Å². The van der Waals surface area contributed by atoms with E-state index in [0.29, 0.717) is 5.82 Å². The first kappa shape index (κ1) is 12.6. The Morgan fingerprint density at radius 1 is 1.35 bits per heavy atom. The van der Waals surface area contributed by atoms with Gasteiger partial charge in [-0.2, -0.15) is 0 Å². The standard InChI is InChI=1S/C15H15N3O2/c1-17-14(16-10-15(17)18(19)20)9-12-7-4-6-11-5-2-3-8-13(11)12/h2-3,5,8-10H,4,6-7H2,1H3/b12-9-. The molecule has 0 radical (unpaired) electrons. The van der Waals surface area contributed by atoms with Gasteiger partial charge in [0, 0.05) is 6.08 Å². The summed E-state index contributed by atoms with van der Waals surface area (Å²) in [7, 11) is 1.67. The Morgan fingerprint density at radius 3 is 2.90 bits per heavy atom. The number of fused-ring (bicyclic) bond motifs is 1. The van der Waals surface area contributed by atoms with Crippen LogP contribution in [0.1, 0.15) is 29.8 Å². The minimum absolute atomic E-state index is 0.0148. The van der Waals surface area contributed by atoms with Crippen molar-refractivity contribution in [2.75, 3.05) is 0 Å². The van der Waals surface area contributed by atoms with E-state index < -0.39 is 4.92 Å². The molecule has 102 valence electrons. The van der Waals surface area contributed by atoms with E-state index in [1.54, 1.807) is 7.05 Å². The van der Waals surface area contributed by atoms with Crippen LogP contribution in [0.15, 0.2) is 30.5 Å². The van der Waals surface area contributed by atoms with Crippen LogP contribution in [0.5, 0.6) is 0 Å². The van der Waals surface area contributed by atoms with Crippen LogP contribution in [-0.2, 0) is 13.5 Å². The summed E-state index contributed by atoms with van der Waals surface area (Å²) in [5.74, 6) is 0.643. The van der Waals surface area contributed by atoms with Gasteiger partial charge in [-0.25, -0.2) is 9.55 Å². The maximum Gasteiger partial charge on any atom is 0.342 e. The van der Waals surface area contributed by atoms with E-state index >= 15 is 0 Å². The third-order valence-electron chi connectivity index (χ3n) is 3.75. The van der Waals surface area contributed by atoms with Gasteiger partial charge in [0.25, 0.3) is 0 Å². The first-order valence-corrected chi connectivity index (χ1v) is 6.62. The molecule has 1 heterocycles. The highest BCUT2D eigenvalue weighted by Gasteiger charge is 2.18. The predicted molar refractivity (Wildman–Crippen MR) is 77.1 cm³/mol. The monoisotopic (exact) mass is 269 g/mol. The Bertz CT molecular complexity index is 701. The average molecular weight is 269 g/mol. The zero-order valence-electron chi connectivity index (χ0n) is 11.2. The highest BCUT2D eigenvalue weighted by molar-refractivity contribution is 5.82. The fraction of sp³-hybridized carbons (Fsp3) is 0.267. The normalized spacial score (nSPS) is 16.1. The number of benzene rings is 1. The predicted octanol–water partition coefficient (Wildman–Crippen LogP) is 3.21. The summed E-state index contributed by atoms with van der Waals surface area (Å²) in [6.07, 6.45) is 6.45. The maximum atomic E-state index is 10.8. The molecule has 0 bridgehead atoms. The molecule has 0 amide bonds. The lowest BCUT2D eigenvalue weighted by Gasteiger charge is -2.18. The highest BCUT2D eigenvalue weighted by Crippen LogP contribution is 2.32. The van der Waals surface area contributed by atoms with Crippen LogP contribution in [0, 0.1) is 10.1 Å². The van der Waals surface area contributed by atoms with Crippen molar-refractivity contribution in [2.45, 2.75) is 19.3 Å². The van der Waals surface area contributed by atoms with Gasteiger partial charge in [0.05, 0.1) is 7.05 Å². The molecule has 0 N–H and O–H groups in total. The molecule has 20 heavy (non-hydrogen) atoms. The fourth-order valence-corrected chi connectivity index (χ4v) is 2.68. The molecule has 0 aliphatic heterocycles. The van der Waals surface area contributed by atoms with Gasteiger partial charge in [-0.1, -0.05) is 24.3 Å². The minimum atomic E-state index is -0.413. The first-order chi connectivity index (χ1) is 9.66. The van der Waals surface area contributed by atoms with Crippen molar-refractivity contribution in [1.29, 1.82) is 0 Å². The first-order valence-electron chi connectivity index (χ1n) is 6.62. The summed E-state index contributed by atoms with van der Waals surface area (Å²) in [5, 5.41) is 10.8. The third kappa shape index (κ3) is 2.11. The summed E-state index contributed by atoms with van der Waals surface area (Å²) in [4.78, 5) is 14.6.